The van der Waals surface area contributed by atoms with E-state index in [1.165, 1.54) is 60.8 Å². The number of hydrogen-bond donors (Lipinski definition) is 2. The van der Waals surface area contributed by atoms with Gasteiger partial charge in [0.05, 0.1) is 0 Å². The Kier molecular flexibility index (Phi) is 12.6. The van der Waals surface area contributed by atoms with Crippen molar-refractivity contribution in [1.82, 2.24) is 5.32 Å². The van der Waals surface area contributed by atoms with Crippen molar-refractivity contribution >= 4 is 23.1 Å². The second-order valence-electron chi connectivity index (χ2n) is 12.5. The lowest BCUT2D eigenvalue weighted by Crippen LogP contribution is -2.39. The Labute approximate surface area is 259 Å². The summed E-state index contributed by atoms with van der Waals surface area (Å²) < 4.78 is 0. The van der Waals surface area contributed by atoms with Crippen molar-refractivity contribution in [3.05, 3.63) is 107 Å². The number of carbonyl (C=O) groups excluding carboxylic acids is 2. The van der Waals surface area contributed by atoms with Crippen LogP contribution < -0.4 is 10.6 Å². The van der Waals surface area contributed by atoms with Crippen LogP contribution in [0.2, 0.25) is 0 Å². The van der Waals surface area contributed by atoms with Gasteiger partial charge in [0.15, 0.2) is 0 Å². The lowest BCUT2D eigenvalue weighted by atomic mass is 9.85. The summed E-state index contributed by atoms with van der Waals surface area (Å²) in [6.07, 6.45) is 12.5. The first-order valence-electron chi connectivity index (χ1n) is 16.4. The number of carbonyl (C=O) groups is 2. The van der Waals surface area contributed by atoms with E-state index >= 15 is 0 Å². The highest BCUT2D eigenvalue weighted by molar-refractivity contribution is 5.95. The molecule has 3 aromatic rings. The van der Waals surface area contributed by atoms with Gasteiger partial charge in [-0.3, -0.25) is 9.59 Å². The molecule has 228 valence electrons. The third-order valence-electron chi connectivity index (χ3n) is 9.02. The fourth-order valence-electron chi connectivity index (χ4n) is 5.90. The molecule has 2 aliphatic carbocycles. The van der Waals surface area contributed by atoms with Crippen LogP contribution in [0.1, 0.15) is 95.2 Å². The number of anilines is 1. The van der Waals surface area contributed by atoms with Gasteiger partial charge in [0.25, 0.3) is 0 Å². The number of allylic oxidation sites excluding steroid dienone is 2. The van der Waals surface area contributed by atoms with Crippen LogP contribution in [0.25, 0.3) is 5.57 Å². The lowest BCUT2D eigenvalue weighted by Gasteiger charge is -2.24. The molecule has 0 heterocycles. The first-order valence-corrected chi connectivity index (χ1v) is 16.4. The maximum Gasteiger partial charge on any atom is 0.227 e. The van der Waals surface area contributed by atoms with Crippen LogP contribution in [0.5, 0.6) is 0 Å². The summed E-state index contributed by atoms with van der Waals surface area (Å²) >= 11 is 0. The first-order chi connectivity index (χ1) is 20.9. The molecular weight excluding hydrogens is 528 g/mol. The van der Waals surface area contributed by atoms with Crippen molar-refractivity contribution in [1.29, 1.82) is 0 Å². The van der Waals surface area contributed by atoms with E-state index in [0.29, 0.717) is 6.04 Å². The summed E-state index contributed by atoms with van der Waals surface area (Å²) in [5.41, 5.74) is 7.45. The van der Waals surface area contributed by atoms with E-state index in [9.17, 15) is 9.59 Å². The van der Waals surface area contributed by atoms with Gasteiger partial charge >= 0.3 is 0 Å². The maximum atomic E-state index is 12.6. The van der Waals surface area contributed by atoms with E-state index in [1.54, 1.807) is 0 Å². The molecule has 3 aromatic carbocycles. The molecule has 2 atom stereocenters. The van der Waals surface area contributed by atoms with Crippen LogP contribution in [0.4, 0.5) is 5.69 Å². The number of rotatable bonds is 10. The molecule has 0 aliphatic heterocycles. The van der Waals surface area contributed by atoms with Gasteiger partial charge in [0, 0.05) is 29.1 Å². The quantitative estimate of drug-likeness (QED) is 0.252. The minimum Gasteiger partial charge on any atom is -0.353 e. The minimum atomic E-state index is -0.0582. The fraction of sp³-hybridized carbons (Fsp3) is 0.436. The predicted octanol–water partition coefficient (Wildman–Crippen LogP) is 9.17. The molecule has 0 radical (unpaired) electrons. The second-order valence-corrected chi connectivity index (χ2v) is 12.5. The number of nitrogens with one attached hydrogen (secondary N) is 2. The summed E-state index contributed by atoms with van der Waals surface area (Å²) in [6.45, 7) is 6.20. The van der Waals surface area contributed by atoms with Gasteiger partial charge in [-0.1, -0.05) is 118 Å². The van der Waals surface area contributed by atoms with Gasteiger partial charge < -0.3 is 10.6 Å². The molecule has 43 heavy (non-hydrogen) atoms. The molecule has 4 heteroatoms. The van der Waals surface area contributed by atoms with Crippen LogP contribution in [-0.2, 0) is 22.4 Å². The number of para-hydroxylation sites is 1. The fourth-order valence-corrected chi connectivity index (χ4v) is 5.90. The van der Waals surface area contributed by atoms with E-state index in [4.69, 9.17) is 0 Å². The Bertz CT molecular complexity index is 1320. The SMILES string of the molecule is CC(=C1CCC1)c1ccccc1NC(=O)C(C)Cc1ccccc1.CC(CCc1ccccc1)C(=O)NC1CCCCC1. The van der Waals surface area contributed by atoms with Gasteiger partial charge in [-0.2, -0.15) is 0 Å². The first kappa shape index (κ1) is 32.3. The second kappa shape index (κ2) is 16.8. The highest BCUT2D eigenvalue weighted by Crippen LogP contribution is 2.36. The molecule has 2 saturated carbocycles. The zero-order valence-electron chi connectivity index (χ0n) is 26.4. The maximum absolute atomic E-state index is 12.6. The zero-order chi connectivity index (χ0) is 30.4. The van der Waals surface area contributed by atoms with Crippen molar-refractivity contribution in [2.75, 3.05) is 5.32 Å². The molecule has 0 spiro atoms. The summed E-state index contributed by atoms with van der Waals surface area (Å²) in [6, 6.07) is 29.2. The van der Waals surface area contributed by atoms with Crippen molar-refractivity contribution < 1.29 is 9.59 Å². The number of aryl methyl sites for hydroxylation is 1. The molecule has 0 bridgehead atoms. The molecule has 4 nitrogen and oxygen atoms in total. The van der Waals surface area contributed by atoms with E-state index in [1.807, 2.05) is 56.3 Å². The monoisotopic (exact) mass is 578 g/mol. The molecule has 5 rings (SSSR count). The predicted molar refractivity (Wildman–Crippen MR) is 180 cm³/mol. The van der Waals surface area contributed by atoms with Crippen LogP contribution in [-0.4, -0.2) is 17.9 Å². The Balaban J connectivity index is 0.000000203. The molecule has 2 amide bonds. The van der Waals surface area contributed by atoms with Crippen LogP contribution >= 0.6 is 0 Å². The van der Waals surface area contributed by atoms with Gasteiger partial charge in [-0.05, 0) is 81.1 Å². The highest BCUT2D eigenvalue weighted by Gasteiger charge is 2.20. The Hall–Kier alpha value is -3.66. The highest BCUT2D eigenvalue weighted by atomic mass is 16.2. The van der Waals surface area contributed by atoms with E-state index < -0.39 is 0 Å². The van der Waals surface area contributed by atoms with E-state index in [0.717, 1.165) is 43.4 Å². The largest absolute Gasteiger partial charge is 0.353 e. The van der Waals surface area contributed by atoms with Crippen molar-refractivity contribution in [2.45, 2.75) is 97.4 Å². The third-order valence-corrected chi connectivity index (χ3v) is 9.02. The van der Waals surface area contributed by atoms with E-state index in [2.05, 4.69) is 60.0 Å². The van der Waals surface area contributed by atoms with Crippen molar-refractivity contribution in [3.63, 3.8) is 0 Å². The summed E-state index contributed by atoms with van der Waals surface area (Å²) in [7, 11) is 0. The number of benzene rings is 3. The summed E-state index contributed by atoms with van der Waals surface area (Å²) in [5, 5.41) is 6.36. The molecular formula is C39H50N2O2. The van der Waals surface area contributed by atoms with Gasteiger partial charge in [0.1, 0.15) is 0 Å². The standard InChI is InChI=1S/C22H25NO.C17H25NO/c1-16(15-18-9-4-3-5-10-18)22(24)23-21-14-7-6-13-20(21)17(2)19-11-8-12-19;1-14(12-13-15-8-4-2-5-9-15)17(19)18-16-10-6-3-7-11-16/h3-7,9-10,13-14,16H,8,11-12,15H2,1-2H3,(H,23,24);2,4-5,8-9,14,16H,3,6-7,10-13H2,1H3,(H,18,19). The summed E-state index contributed by atoms with van der Waals surface area (Å²) in [4.78, 5) is 24.7. The number of hydrogen-bond acceptors (Lipinski definition) is 2. The normalized spacial score (nSPS) is 16.1. The molecule has 2 fully saturated rings. The molecule has 2 aliphatic rings. The smallest absolute Gasteiger partial charge is 0.227 e. The average molecular weight is 579 g/mol. The van der Waals surface area contributed by atoms with Gasteiger partial charge in [0.2, 0.25) is 11.8 Å². The summed E-state index contributed by atoms with van der Waals surface area (Å²) in [5.74, 6) is 0.375. The molecule has 2 N–H and O–H groups in total. The Morgan fingerprint density at radius 3 is 1.95 bits per heavy atom. The zero-order valence-corrected chi connectivity index (χ0v) is 26.4. The minimum absolute atomic E-state index is 0.0582. The molecule has 0 aromatic heterocycles. The Morgan fingerprint density at radius 1 is 0.721 bits per heavy atom. The van der Waals surface area contributed by atoms with Crippen LogP contribution in [0, 0.1) is 11.8 Å². The van der Waals surface area contributed by atoms with Gasteiger partial charge in [-0.15, -0.1) is 0 Å². The average Bonchev–Trinajstić information content (AvgIpc) is 3.01. The van der Waals surface area contributed by atoms with E-state index in [-0.39, 0.29) is 23.7 Å². The number of amides is 2. The van der Waals surface area contributed by atoms with Gasteiger partial charge in [-0.25, -0.2) is 0 Å². The van der Waals surface area contributed by atoms with Crippen LogP contribution in [0.15, 0.2) is 90.5 Å². The molecule has 2 unspecified atom stereocenters. The Morgan fingerprint density at radius 2 is 1.33 bits per heavy atom. The molecule has 0 saturated heterocycles. The van der Waals surface area contributed by atoms with Crippen molar-refractivity contribution in [2.24, 2.45) is 11.8 Å². The van der Waals surface area contributed by atoms with Crippen LogP contribution in [0.3, 0.4) is 0 Å². The van der Waals surface area contributed by atoms with Crippen molar-refractivity contribution in [3.8, 4) is 0 Å². The lowest BCUT2D eigenvalue weighted by molar-refractivity contribution is -0.125. The topological polar surface area (TPSA) is 58.2 Å². The third kappa shape index (κ3) is 10.2.